The van der Waals surface area contributed by atoms with Crippen molar-refractivity contribution in [3.8, 4) is 5.75 Å². The summed E-state index contributed by atoms with van der Waals surface area (Å²) in [7, 11) is 1.60. The third kappa shape index (κ3) is 2.31. The van der Waals surface area contributed by atoms with E-state index in [2.05, 4.69) is 20.9 Å². The van der Waals surface area contributed by atoms with Gasteiger partial charge in [0.25, 0.3) is 0 Å². The number of rotatable bonds is 3. The summed E-state index contributed by atoms with van der Waals surface area (Å²) in [6.45, 7) is 4.01. The van der Waals surface area contributed by atoms with Crippen molar-refractivity contribution < 1.29 is 9.84 Å². The van der Waals surface area contributed by atoms with Gasteiger partial charge in [0.1, 0.15) is 11.9 Å². The molecule has 0 fully saturated rings. The maximum absolute atomic E-state index is 10.5. The number of aryl methyl sites for hydroxylation is 1. The number of aliphatic hydroxyl groups is 1. The topological polar surface area (TPSA) is 45.2 Å². The Morgan fingerprint density at radius 1 is 1.33 bits per heavy atom. The molecule has 1 unspecified atom stereocenters. The molecular formula is C14H16BrNO2. The molecule has 0 saturated heterocycles. The van der Waals surface area contributed by atoms with Crippen molar-refractivity contribution >= 4 is 15.9 Å². The van der Waals surface area contributed by atoms with Crippen LogP contribution in [0.1, 0.15) is 28.5 Å². The van der Waals surface area contributed by atoms with Crippen LogP contribution in [0.4, 0.5) is 0 Å². The van der Waals surface area contributed by atoms with E-state index in [9.17, 15) is 5.11 Å². The van der Waals surface area contributed by atoms with Crippen LogP contribution >= 0.6 is 15.9 Å². The van der Waals surface area contributed by atoms with E-state index in [-0.39, 0.29) is 0 Å². The van der Waals surface area contributed by atoms with Crippen LogP contribution in [0.3, 0.4) is 0 Å². The van der Waals surface area contributed by atoms with E-state index in [1.807, 2.05) is 38.2 Å². The van der Waals surface area contributed by atoms with Crippen LogP contribution in [0.25, 0.3) is 0 Å². The van der Waals surface area contributed by atoms with Gasteiger partial charge in [0.05, 0.1) is 12.8 Å². The Balaban J connectivity index is 2.45. The number of hydrogen-bond acceptors (Lipinski definition) is 2. The standard InChI is InChI=1S/C14H16BrNO2/c1-8-7-16-13(9(8)2)14(17)11-5-4-10(15)6-12(11)18-3/h4-7,14,16-17H,1-3H3. The van der Waals surface area contributed by atoms with Gasteiger partial charge >= 0.3 is 0 Å². The molecule has 0 aliphatic carbocycles. The fourth-order valence-corrected chi connectivity index (χ4v) is 2.31. The summed E-state index contributed by atoms with van der Waals surface area (Å²) in [6.07, 6.45) is 1.20. The molecule has 4 heteroatoms. The van der Waals surface area contributed by atoms with E-state index in [0.29, 0.717) is 5.75 Å². The Morgan fingerprint density at radius 2 is 2.06 bits per heavy atom. The first-order valence-electron chi connectivity index (χ1n) is 5.70. The number of aromatic nitrogens is 1. The number of aliphatic hydroxyl groups excluding tert-OH is 1. The third-order valence-corrected chi connectivity index (χ3v) is 3.70. The molecular weight excluding hydrogens is 294 g/mol. The average Bonchev–Trinajstić information content (AvgIpc) is 2.69. The molecule has 0 aliphatic heterocycles. The van der Waals surface area contributed by atoms with Crippen molar-refractivity contribution in [1.29, 1.82) is 0 Å². The molecule has 0 saturated carbocycles. The second-order valence-corrected chi connectivity index (χ2v) is 5.21. The Morgan fingerprint density at radius 3 is 2.61 bits per heavy atom. The molecule has 0 spiro atoms. The van der Waals surface area contributed by atoms with Crippen LogP contribution in [0.2, 0.25) is 0 Å². The summed E-state index contributed by atoms with van der Waals surface area (Å²) in [5, 5.41) is 10.5. The molecule has 1 aromatic carbocycles. The molecule has 0 bridgehead atoms. The molecule has 1 heterocycles. The summed E-state index contributed by atoms with van der Waals surface area (Å²) >= 11 is 3.39. The maximum atomic E-state index is 10.5. The highest BCUT2D eigenvalue weighted by Gasteiger charge is 2.19. The minimum absolute atomic E-state index is 0.670. The smallest absolute Gasteiger partial charge is 0.126 e. The lowest BCUT2D eigenvalue weighted by Crippen LogP contribution is -2.04. The van der Waals surface area contributed by atoms with E-state index in [1.54, 1.807) is 7.11 Å². The lowest BCUT2D eigenvalue weighted by molar-refractivity contribution is 0.210. The molecule has 96 valence electrons. The second-order valence-electron chi connectivity index (χ2n) is 4.30. The molecule has 1 atom stereocenters. The molecule has 2 rings (SSSR count). The van der Waals surface area contributed by atoms with Crippen molar-refractivity contribution in [2.75, 3.05) is 7.11 Å². The number of halogens is 1. The van der Waals surface area contributed by atoms with Gasteiger partial charge in [0.15, 0.2) is 0 Å². The number of hydrogen-bond donors (Lipinski definition) is 2. The van der Waals surface area contributed by atoms with Crippen molar-refractivity contribution in [2.24, 2.45) is 0 Å². The minimum atomic E-state index is -0.707. The number of methoxy groups -OCH3 is 1. The van der Waals surface area contributed by atoms with Crippen LogP contribution in [0.5, 0.6) is 5.75 Å². The third-order valence-electron chi connectivity index (χ3n) is 3.20. The summed E-state index contributed by atoms with van der Waals surface area (Å²) in [6, 6.07) is 5.61. The van der Waals surface area contributed by atoms with Crippen LogP contribution < -0.4 is 4.74 Å². The van der Waals surface area contributed by atoms with Crippen LogP contribution in [-0.2, 0) is 0 Å². The van der Waals surface area contributed by atoms with E-state index in [0.717, 1.165) is 26.9 Å². The number of benzene rings is 1. The van der Waals surface area contributed by atoms with E-state index in [4.69, 9.17) is 4.74 Å². The highest BCUT2D eigenvalue weighted by molar-refractivity contribution is 9.10. The molecule has 2 N–H and O–H groups in total. The predicted octanol–water partition coefficient (Wildman–Crippen LogP) is 3.48. The van der Waals surface area contributed by atoms with E-state index >= 15 is 0 Å². The van der Waals surface area contributed by atoms with Gasteiger partial charge in [-0.25, -0.2) is 0 Å². The number of nitrogens with one attached hydrogen (secondary N) is 1. The maximum Gasteiger partial charge on any atom is 0.126 e. The fourth-order valence-electron chi connectivity index (χ4n) is 1.97. The first kappa shape index (κ1) is 13.2. The van der Waals surface area contributed by atoms with Gasteiger partial charge in [-0.15, -0.1) is 0 Å². The number of aromatic amines is 1. The quantitative estimate of drug-likeness (QED) is 0.911. The van der Waals surface area contributed by atoms with Crippen LogP contribution in [0, 0.1) is 13.8 Å². The second kappa shape index (κ2) is 5.16. The summed E-state index contributed by atoms with van der Waals surface area (Å²) in [5.41, 5.74) is 3.78. The SMILES string of the molecule is COc1cc(Br)ccc1C(O)c1[nH]cc(C)c1C. The van der Waals surface area contributed by atoms with Crippen molar-refractivity contribution in [3.05, 3.63) is 51.3 Å². The first-order chi connectivity index (χ1) is 8.54. The van der Waals surface area contributed by atoms with Gasteiger partial charge in [-0.05, 0) is 37.1 Å². The molecule has 0 radical (unpaired) electrons. The minimum Gasteiger partial charge on any atom is -0.496 e. The van der Waals surface area contributed by atoms with Gasteiger partial charge < -0.3 is 14.8 Å². The van der Waals surface area contributed by atoms with Gasteiger partial charge in [-0.2, -0.15) is 0 Å². The lowest BCUT2D eigenvalue weighted by atomic mass is 10.0. The van der Waals surface area contributed by atoms with Gasteiger partial charge in [-0.3, -0.25) is 0 Å². The van der Waals surface area contributed by atoms with Crippen molar-refractivity contribution in [3.63, 3.8) is 0 Å². The summed E-state index contributed by atoms with van der Waals surface area (Å²) in [4.78, 5) is 3.12. The van der Waals surface area contributed by atoms with E-state index < -0.39 is 6.10 Å². The normalized spacial score (nSPS) is 12.5. The molecule has 18 heavy (non-hydrogen) atoms. The van der Waals surface area contributed by atoms with Crippen LogP contribution in [0.15, 0.2) is 28.9 Å². The Labute approximate surface area is 115 Å². The van der Waals surface area contributed by atoms with Crippen molar-refractivity contribution in [2.45, 2.75) is 20.0 Å². The van der Waals surface area contributed by atoms with Gasteiger partial charge in [-0.1, -0.05) is 22.0 Å². The number of ether oxygens (including phenoxy) is 1. The highest BCUT2D eigenvalue weighted by atomic mass is 79.9. The molecule has 1 aromatic heterocycles. The van der Waals surface area contributed by atoms with Crippen LogP contribution in [-0.4, -0.2) is 17.2 Å². The van der Waals surface area contributed by atoms with Gasteiger partial charge in [0.2, 0.25) is 0 Å². The average molecular weight is 310 g/mol. The predicted molar refractivity (Wildman–Crippen MR) is 75.0 cm³/mol. The van der Waals surface area contributed by atoms with E-state index in [1.165, 1.54) is 0 Å². The number of H-pyrrole nitrogens is 1. The van der Waals surface area contributed by atoms with Crippen molar-refractivity contribution in [1.82, 2.24) is 4.98 Å². The Bertz CT molecular complexity index is 563. The molecule has 2 aromatic rings. The Hall–Kier alpha value is -1.26. The Kier molecular flexibility index (Phi) is 3.78. The zero-order chi connectivity index (χ0) is 13.3. The summed E-state index contributed by atoms with van der Waals surface area (Å²) < 4.78 is 6.24. The summed E-state index contributed by atoms with van der Waals surface area (Å²) in [5.74, 6) is 0.670. The molecule has 0 aliphatic rings. The lowest BCUT2D eigenvalue weighted by Gasteiger charge is -2.15. The fraction of sp³-hybridized carbons (Fsp3) is 0.286. The first-order valence-corrected chi connectivity index (χ1v) is 6.50. The zero-order valence-electron chi connectivity index (χ0n) is 10.6. The zero-order valence-corrected chi connectivity index (χ0v) is 12.2. The molecule has 0 amide bonds. The highest BCUT2D eigenvalue weighted by Crippen LogP contribution is 2.33. The monoisotopic (exact) mass is 309 g/mol. The largest absolute Gasteiger partial charge is 0.496 e. The van der Waals surface area contributed by atoms with Gasteiger partial charge in [0, 0.05) is 16.2 Å². The molecule has 3 nitrogen and oxygen atoms in total.